The number of rotatable bonds is 7. The van der Waals surface area contributed by atoms with Crippen LogP contribution in [0, 0.1) is 5.41 Å². The maximum atomic E-state index is 10.8. The molecule has 0 fully saturated rings. The second-order valence-corrected chi connectivity index (χ2v) is 6.39. The lowest BCUT2D eigenvalue weighted by Crippen LogP contribution is -2.36. The van der Waals surface area contributed by atoms with Crippen LogP contribution in [0.4, 0.5) is 0 Å². The van der Waals surface area contributed by atoms with E-state index in [4.69, 9.17) is 5.11 Å². The Hall–Kier alpha value is -0.130. The molecule has 0 aliphatic heterocycles. The molecule has 0 aliphatic carbocycles. The zero-order valence-electron chi connectivity index (χ0n) is 9.21. The van der Waals surface area contributed by atoms with Crippen LogP contribution >= 0.6 is 0 Å². The van der Waals surface area contributed by atoms with E-state index in [0.717, 1.165) is 6.42 Å². The molecule has 14 heavy (non-hydrogen) atoms. The van der Waals surface area contributed by atoms with Gasteiger partial charge in [0.2, 0.25) is 0 Å². The smallest absolute Gasteiger partial charge is 0.148 e. The second kappa shape index (κ2) is 5.68. The van der Waals surface area contributed by atoms with E-state index in [1.54, 1.807) is 0 Å². The predicted octanol–water partition coefficient (Wildman–Crippen LogP) is 0.0292. The number of aliphatic hydroxyl groups is 1. The Morgan fingerprint density at radius 2 is 2.00 bits per heavy atom. The van der Waals surface area contributed by atoms with Crippen molar-refractivity contribution in [1.29, 1.82) is 0 Å². The summed E-state index contributed by atoms with van der Waals surface area (Å²) in [6.07, 6.45) is 2.09. The van der Waals surface area contributed by atoms with Crippen molar-refractivity contribution in [3.63, 3.8) is 0 Å². The fraction of sp³-hybridized carbons (Fsp3) is 1.00. The van der Waals surface area contributed by atoms with Gasteiger partial charge in [-0.05, 0) is 6.42 Å². The lowest BCUT2D eigenvalue weighted by atomic mass is 9.89. The summed E-state index contributed by atoms with van der Waals surface area (Å²) in [5.74, 6) is 0.151. The topological polar surface area (TPSA) is 66.4 Å². The highest BCUT2D eigenvalue weighted by Gasteiger charge is 2.20. The van der Waals surface area contributed by atoms with Crippen molar-refractivity contribution < 1.29 is 13.5 Å². The number of sulfone groups is 1. The molecule has 0 amide bonds. The molecule has 4 nitrogen and oxygen atoms in total. The van der Waals surface area contributed by atoms with Gasteiger partial charge in [-0.25, -0.2) is 8.42 Å². The van der Waals surface area contributed by atoms with Gasteiger partial charge < -0.3 is 10.4 Å². The molecule has 2 N–H and O–H groups in total. The molecule has 0 aliphatic rings. The van der Waals surface area contributed by atoms with Crippen LogP contribution in [0.5, 0.6) is 0 Å². The van der Waals surface area contributed by atoms with Crippen molar-refractivity contribution in [2.45, 2.75) is 20.3 Å². The van der Waals surface area contributed by atoms with Crippen LogP contribution in [0.25, 0.3) is 0 Å². The van der Waals surface area contributed by atoms with Gasteiger partial charge in [0, 0.05) is 31.4 Å². The van der Waals surface area contributed by atoms with Gasteiger partial charge in [0.05, 0.1) is 5.75 Å². The average Bonchev–Trinajstić information content (AvgIpc) is 2.11. The molecule has 0 radical (unpaired) electrons. The molecule has 0 aromatic heterocycles. The Labute approximate surface area is 86.6 Å². The summed E-state index contributed by atoms with van der Waals surface area (Å²) < 4.78 is 21.6. The van der Waals surface area contributed by atoms with E-state index < -0.39 is 9.84 Å². The molecule has 1 atom stereocenters. The summed E-state index contributed by atoms with van der Waals surface area (Å²) in [5.41, 5.74) is -0.141. The Morgan fingerprint density at radius 1 is 1.43 bits per heavy atom. The molecular weight excluding hydrogens is 202 g/mol. The van der Waals surface area contributed by atoms with E-state index in [9.17, 15) is 8.42 Å². The standard InChI is InChI=1S/C9H21NO3S/c1-4-9(2,8-11)7-10-5-6-14(3,12)13/h10-11H,4-8H2,1-3H3. The predicted molar refractivity (Wildman–Crippen MR) is 58.1 cm³/mol. The number of aliphatic hydroxyl groups excluding tert-OH is 1. The fourth-order valence-corrected chi connectivity index (χ4v) is 1.46. The summed E-state index contributed by atoms with van der Waals surface area (Å²) in [7, 11) is -2.88. The van der Waals surface area contributed by atoms with Crippen LogP contribution < -0.4 is 5.32 Å². The third-order valence-electron chi connectivity index (χ3n) is 2.44. The Kier molecular flexibility index (Phi) is 5.63. The van der Waals surface area contributed by atoms with E-state index >= 15 is 0 Å². The number of hydrogen-bond donors (Lipinski definition) is 2. The second-order valence-electron chi connectivity index (χ2n) is 4.13. The first-order valence-corrected chi connectivity index (χ1v) is 6.88. The number of hydrogen-bond acceptors (Lipinski definition) is 4. The Bertz CT molecular complexity index is 245. The summed E-state index contributed by atoms with van der Waals surface area (Å²) in [5, 5.41) is 12.1. The third-order valence-corrected chi connectivity index (χ3v) is 3.38. The van der Waals surface area contributed by atoms with Crippen LogP contribution in [-0.2, 0) is 9.84 Å². The Balaban J connectivity index is 3.74. The number of nitrogens with one attached hydrogen (secondary N) is 1. The summed E-state index contributed by atoms with van der Waals surface area (Å²) in [6.45, 7) is 5.20. The lowest BCUT2D eigenvalue weighted by Gasteiger charge is -2.25. The van der Waals surface area contributed by atoms with Crippen LogP contribution in [-0.4, -0.2) is 45.2 Å². The van der Waals surface area contributed by atoms with E-state index in [0.29, 0.717) is 13.1 Å². The quantitative estimate of drug-likeness (QED) is 0.598. The minimum atomic E-state index is -2.88. The van der Waals surface area contributed by atoms with Crippen LogP contribution in [0.15, 0.2) is 0 Å². The zero-order valence-corrected chi connectivity index (χ0v) is 10.0. The maximum Gasteiger partial charge on any atom is 0.148 e. The van der Waals surface area contributed by atoms with Gasteiger partial charge >= 0.3 is 0 Å². The molecule has 0 saturated heterocycles. The summed E-state index contributed by atoms with van der Waals surface area (Å²) in [6, 6.07) is 0. The maximum absolute atomic E-state index is 10.8. The van der Waals surface area contributed by atoms with E-state index in [2.05, 4.69) is 5.32 Å². The van der Waals surface area contributed by atoms with Crippen molar-refractivity contribution in [1.82, 2.24) is 5.32 Å². The van der Waals surface area contributed by atoms with Crippen molar-refractivity contribution in [2.24, 2.45) is 5.41 Å². The van der Waals surface area contributed by atoms with Crippen LogP contribution in [0.3, 0.4) is 0 Å². The molecule has 0 rings (SSSR count). The van der Waals surface area contributed by atoms with Gasteiger partial charge in [-0.2, -0.15) is 0 Å². The van der Waals surface area contributed by atoms with E-state index in [-0.39, 0.29) is 17.8 Å². The van der Waals surface area contributed by atoms with Gasteiger partial charge in [0.15, 0.2) is 0 Å². The fourth-order valence-electron chi connectivity index (χ4n) is 0.940. The Morgan fingerprint density at radius 3 is 2.36 bits per heavy atom. The molecule has 0 heterocycles. The highest BCUT2D eigenvalue weighted by Crippen LogP contribution is 2.17. The molecule has 0 aromatic carbocycles. The first-order valence-electron chi connectivity index (χ1n) is 4.82. The summed E-state index contributed by atoms with van der Waals surface area (Å²) >= 11 is 0. The third kappa shape index (κ3) is 6.34. The molecule has 0 bridgehead atoms. The minimum Gasteiger partial charge on any atom is -0.396 e. The monoisotopic (exact) mass is 223 g/mol. The highest BCUT2D eigenvalue weighted by molar-refractivity contribution is 7.90. The summed E-state index contributed by atoms with van der Waals surface area (Å²) in [4.78, 5) is 0. The van der Waals surface area contributed by atoms with Gasteiger partial charge in [0.1, 0.15) is 9.84 Å². The van der Waals surface area contributed by atoms with E-state index in [1.165, 1.54) is 6.26 Å². The molecule has 0 spiro atoms. The van der Waals surface area contributed by atoms with Crippen molar-refractivity contribution in [2.75, 3.05) is 31.7 Å². The molecule has 0 saturated carbocycles. The van der Waals surface area contributed by atoms with Gasteiger partial charge in [-0.3, -0.25) is 0 Å². The zero-order chi connectivity index (χ0) is 11.2. The van der Waals surface area contributed by atoms with Crippen LogP contribution in [0.2, 0.25) is 0 Å². The lowest BCUT2D eigenvalue weighted by molar-refractivity contribution is 0.136. The minimum absolute atomic E-state index is 0.120. The normalized spacial score (nSPS) is 16.6. The molecular formula is C9H21NO3S. The van der Waals surface area contributed by atoms with Crippen molar-refractivity contribution in [3.8, 4) is 0 Å². The van der Waals surface area contributed by atoms with Gasteiger partial charge in [0.25, 0.3) is 0 Å². The SMILES string of the molecule is CCC(C)(CO)CNCCS(C)(=O)=O. The molecule has 0 aromatic rings. The molecule has 86 valence electrons. The van der Waals surface area contributed by atoms with Gasteiger partial charge in [-0.1, -0.05) is 13.8 Å². The average molecular weight is 223 g/mol. The largest absolute Gasteiger partial charge is 0.396 e. The van der Waals surface area contributed by atoms with E-state index in [1.807, 2.05) is 13.8 Å². The first kappa shape index (κ1) is 13.9. The molecule has 5 heteroatoms. The van der Waals surface area contributed by atoms with Crippen LogP contribution in [0.1, 0.15) is 20.3 Å². The van der Waals surface area contributed by atoms with Crippen molar-refractivity contribution in [3.05, 3.63) is 0 Å². The molecule has 1 unspecified atom stereocenters. The van der Waals surface area contributed by atoms with Crippen molar-refractivity contribution >= 4 is 9.84 Å². The highest BCUT2D eigenvalue weighted by atomic mass is 32.2. The first-order chi connectivity index (χ1) is 6.33. The van der Waals surface area contributed by atoms with Gasteiger partial charge in [-0.15, -0.1) is 0 Å².